The summed E-state index contributed by atoms with van der Waals surface area (Å²) in [6, 6.07) is -1.03. The van der Waals surface area contributed by atoms with Gasteiger partial charge in [-0.2, -0.15) is 0 Å². The molecule has 7 nitrogen and oxygen atoms in total. The first-order chi connectivity index (χ1) is 11.9. The van der Waals surface area contributed by atoms with Gasteiger partial charge >= 0.3 is 12.1 Å². The molecule has 0 saturated carbocycles. The normalized spacial score (nSPS) is 13.5. The molecule has 1 atom stereocenters. The van der Waals surface area contributed by atoms with Crippen molar-refractivity contribution in [2.75, 3.05) is 6.61 Å². The zero-order valence-electron chi connectivity index (χ0n) is 18.1. The van der Waals surface area contributed by atoms with Crippen LogP contribution in [0.4, 0.5) is 4.79 Å². The number of hydrogen-bond donors (Lipinski definition) is 1. The molecule has 0 aliphatic rings. The summed E-state index contributed by atoms with van der Waals surface area (Å²) in [6.45, 7) is 15.3. The Bertz CT molecular complexity index is 560. The van der Waals surface area contributed by atoms with Gasteiger partial charge in [-0.15, -0.1) is 0 Å². The summed E-state index contributed by atoms with van der Waals surface area (Å²) in [6.07, 6.45) is -0.761. The monoisotopic (exact) mass is 385 g/mol. The number of Topliss-reactive ketones (excluding diaryl/α,β-unsaturated/α-hetero) is 2. The predicted molar refractivity (Wildman–Crippen MR) is 102 cm³/mol. The average molecular weight is 386 g/mol. The predicted octanol–water partition coefficient (Wildman–Crippen LogP) is 3.43. The lowest BCUT2D eigenvalue weighted by molar-refractivity contribution is -0.147. The zero-order valence-corrected chi connectivity index (χ0v) is 18.1. The summed E-state index contributed by atoms with van der Waals surface area (Å²) in [5.41, 5.74) is -1.99. The van der Waals surface area contributed by atoms with Crippen molar-refractivity contribution in [3.05, 3.63) is 0 Å². The van der Waals surface area contributed by atoms with Crippen LogP contribution < -0.4 is 5.32 Å². The van der Waals surface area contributed by atoms with Crippen LogP contribution in [0, 0.1) is 10.8 Å². The number of alkyl carbamates (subject to hydrolysis) is 1. The molecule has 0 spiro atoms. The first-order valence-corrected chi connectivity index (χ1v) is 9.16. The minimum Gasteiger partial charge on any atom is -0.463 e. The zero-order chi connectivity index (χ0) is 21.6. The molecule has 0 aliphatic heterocycles. The van der Waals surface area contributed by atoms with Crippen molar-refractivity contribution in [3.8, 4) is 0 Å². The third-order valence-corrected chi connectivity index (χ3v) is 3.55. The third kappa shape index (κ3) is 10.7. The van der Waals surface area contributed by atoms with Crippen LogP contribution in [0.1, 0.15) is 75.2 Å². The minimum absolute atomic E-state index is 0.0475. The second-order valence-electron chi connectivity index (χ2n) is 9.67. The molecule has 1 N–H and O–H groups in total. The van der Waals surface area contributed by atoms with Gasteiger partial charge in [-0.1, -0.05) is 41.5 Å². The van der Waals surface area contributed by atoms with Crippen LogP contribution in [0.15, 0.2) is 0 Å². The minimum atomic E-state index is -1.03. The lowest BCUT2D eigenvalue weighted by Gasteiger charge is -2.27. The fraction of sp³-hybridized carbons (Fsp3) is 0.800. The van der Waals surface area contributed by atoms with Gasteiger partial charge in [-0.3, -0.25) is 14.4 Å². The van der Waals surface area contributed by atoms with Gasteiger partial charge in [0.25, 0.3) is 0 Å². The maximum Gasteiger partial charge on any atom is 0.408 e. The number of esters is 1. The van der Waals surface area contributed by atoms with Crippen LogP contribution >= 0.6 is 0 Å². The Balaban J connectivity index is 4.87. The van der Waals surface area contributed by atoms with E-state index in [1.165, 1.54) is 0 Å². The molecular weight excluding hydrogens is 350 g/mol. The van der Waals surface area contributed by atoms with E-state index < -0.39 is 34.5 Å². The van der Waals surface area contributed by atoms with Crippen LogP contribution in [0.25, 0.3) is 0 Å². The quantitative estimate of drug-likeness (QED) is 0.674. The van der Waals surface area contributed by atoms with E-state index in [9.17, 15) is 19.2 Å². The van der Waals surface area contributed by atoms with E-state index in [2.05, 4.69) is 5.32 Å². The van der Waals surface area contributed by atoms with Gasteiger partial charge in [0.1, 0.15) is 24.0 Å². The third-order valence-electron chi connectivity index (χ3n) is 3.55. The highest BCUT2D eigenvalue weighted by atomic mass is 16.6. The first-order valence-electron chi connectivity index (χ1n) is 9.16. The molecule has 0 aromatic heterocycles. The van der Waals surface area contributed by atoms with Crippen LogP contribution in [0.2, 0.25) is 0 Å². The Morgan fingerprint density at radius 2 is 1.33 bits per heavy atom. The summed E-state index contributed by atoms with van der Waals surface area (Å²) in [4.78, 5) is 48.4. The van der Waals surface area contributed by atoms with Gasteiger partial charge in [-0.05, 0) is 20.8 Å². The Kier molecular flexibility index (Phi) is 8.67. The molecule has 0 aliphatic carbocycles. The summed E-state index contributed by atoms with van der Waals surface area (Å²) in [5.74, 6) is -0.925. The summed E-state index contributed by atoms with van der Waals surface area (Å²) in [5, 5.41) is 2.47. The molecule has 0 saturated heterocycles. The number of ether oxygens (including phenoxy) is 2. The van der Waals surface area contributed by atoms with E-state index in [0.717, 1.165) is 0 Å². The number of hydrogen-bond acceptors (Lipinski definition) is 6. The van der Waals surface area contributed by atoms with Crippen molar-refractivity contribution in [2.45, 2.75) is 86.8 Å². The average Bonchev–Trinajstić information content (AvgIpc) is 2.44. The molecule has 0 aromatic carbocycles. The highest BCUT2D eigenvalue weighted by molar-refractivity contribution is 5.92. The molecule has 156 valence electrons. The molecular formula is C20H35NO6. The number of carbonyl (C=O) groups is 4. The lowest BCUT2D eigenvalue weighted by atomic mass is 9.86. The van der Waals surface area contributed by atoms with Gasteiger partial charge in [0.15, 0.2) is 5.78 Å². The molecule has 0 radical (unpaired) electrons. The highest BCUT2D eigenvalue weighted by Gasteiger charge is 2.33. The number of carbonyl (C=O) groups excluding carboxylic acids is 4. The SMILES string of the molecule is CC(C)(C)OC(=O)NC(COC(=O)CCC(=O)C(C)(C)C)C(=O)C(C)(C)C. The van der Waals surface area contributed by atoms with E-state index in [1.54, 1.807) is 62.3 Å². The van der Waals surface area contributed by atoms with E-state index in [4.69, 9.17) is 9.47 Å². The van der Waals surface area contributed by atoms with Gasteiger partial charge in [0, 0.05) is 17.3 Å². The molecule has 1 amide bonds. The lowest BCUT2D eigenvalue weighted by Crippen LogP contribution is -2.50. The van der Waals surface area contributed by atoms with Gasteiger partial charge < -0.3 is 14.8 Å². The van der Waals surface area contributed by atoms with Gasteiger partial charge in [-0.25, -0.2) is 4.79 Å². The number of nitrogens with one attached hydrogen (secondary N) is 1. The van der Waals surface area contributed by atoms with Crippen LogP contribution in [-0.2, 0) is 23.9 Å². The fourth-order valence-corrected chi connectivity index (χ4v) is 1.99. The largest absolute Gasteiger partial charge is 0.463 e. The topological polar surface area (TPSA) is 98.8 Å². The first kappa shape index (κ1) is 25.1. The number of rotatable bonds is 7. The number of amides is 1. The molecule has 7 heteroatoms. The smallest absolute Gasteiger partial charge is 0.408 e. The second kappa shape index (κ2) is 9.33. The molecule has 0 rings (SSSR count). The van der Waals surface area contributed by atoms with Crippen molar-refractivity contribution in [3.63, 3.8) is 0 Å². The Hall–Kier alpha value is -1.92. The van der Waals surface area contributed by atoms with E-state index in [1.807, 2.05) is 0 Å². The van der Waals surface area contributed by atoms with Crippen molar-refractivity contribution in [1.82, 2.24) is 5.32 Å². The van der Waals surface area contributed by atoms with Crippen molar-refractivity contribution in [1.29, 1.82) is 0 Å². The summed E-state index contributed by atoms with van der Waals surface area (Å²) in [7, 11) is 0. The molecule has 0 bridgehead atoms. The van der Waals surface area contributed by atoms with Gasteiger partial charge in [0.2, 0.25) is 0 Å². The molecule has 27 heavy (non-hydrogen) atoms. The van der Waals surface area contributed by atoms with E-state index in [-0.39, 0.29) is 31.0 Å². The maximum absolute atomic E-state index is 12.6. The molecule has 0 fully saturated rings. The van der Waals surface area contributed by atoms with Crippen LogP contribution in [0.3, 0.4) is 0 Å². The summed E-state index contributed by atoms with van der Waals surface area (Å²) < 4.78 is 10.3. The van der Waals surface area contributed by atoms with Gasteiger partial charge in [0.05, 0.1) is 6.42 Å². The molecule has 1 unspecified atom stereocenters. The fourth-order valence-electron chi connectivity index (χ4n) is 1.99. The van der Waals surface area contributed by atoms with E-state index >= 15 is 0 Å². The maximum atomic E-state index is 12.6. The van der Waals surface area contributed by atoms with Crippen molar-refractivity contribution in [2.24, 2.45) is 10.8 Å². The highest BCUT2D eigenvalue weighted by Crippen LogP contribution is 2.19. The van der Waals surface area contributed by atoms with Crippen molar-refractivity contribution >= 4 is 23.6 Å². The standard InChI is InChI=1S/C20H35NO6/c1-18(2,3)14(22)10-11-15(23)26-12-13(16(24)19(4,5)6)21-17(25)27-20(7,8)9/h13H,10-12H2,1-9H3,(H,21,25). The molecule has 0 aromatic rings. The van der Waals surface area contributed by atoms with E-state index in [0.29, 0.717) is 0 Å². The summed E-state index contributed by atoms with van der Waals surface area (Å²) >= 11 is 0. The van der Waals surface area contributed by atoms with Crippen LogP contribution in [0.5, 0.6) is 0 Å². The Labute approximate surface area is 162 Å². The second-order valence-corrected chi connectivity index (χ2v) is 9.67. The van der Waals surface area contributed by atoms with Crippen molar-refractivity contribution < 1.29 is 28.7 Å². The Morgan fingerprint density at radius 3 is 1.74 bits per heavy atom. The van der Waals surface area contributed by atoms with Crippen LogP contribution in [-0.4, -0.2) is 41.9 Å². The number of ketones is 2. The Morgan fingerprint density at radius 1 is 0.815 bits per heavy atom. The molecule has 0 heterocycles.